The van der Waals surface area contributed by atoms with Crippen LogP contribution in [0.1, 0.15) is 54.3 Å². The Labute approximate surface area is 237 Å². The number of amides is 1. The Kier molecular flexibility index (Phi) is 7.68. The van der Waals surface area contributed by atoms with Gasteiger partial charge in [0.05, 0.1) is 29.1 Å². The third kappa shape index (κ3) is 5.11. The highest BCUT2D eigenvalue weighted by Gasteiger charge is 2.36. The molecule has 0 unspecified atom stereocenters. The smallest absolute Gasteiger partial charge is 0.333 e. The minimum atomic E-state index is -1.87. The van der Waals surface area contributed by atoms with Crippen LogP contribution < -0.4 is 17.0 Å². The lowest BCUT2D eigenvalue weighted by molar-refractivity contribution is -0.146. The summed E-state index contributed by atoms with van der Waals surface area (Å²) in [5.74, 6) is -1.74. The molecule has 1 aromatic carbocycles. The molecule has 0 saturated carbocycles. The lowest BCUT2D eigenvalue weighted by Gasteiger charge is -2.30. The number of aryl methyl sites for hydroxylation is 1. The minimum Gasteiger partial charge on any atom is -0.480 e. The second kappa shape index (κ2) is 11.1. The van der Waals surface area contributed by atoms with Crippen LogP contribution in [0.25, 0.3) is 21.0 Å². The monoisotopic (exact) mass is 582 g/mol. The number of benzene rings is 1. The molecule has 216 valence electrons. The molecule has 1 fully saturated rings. The number of oxazole rings is 1. The van der Waals surface area contributed by atoms with Gasteiger partial charge in [-0.25, -0.2) is 19.1 Å². The molecule has 3 aromatic heterocycles. The Hall–Kier alpha value is -4.07. The largest absolute Gasteiger partial charge is 0.480 e. The van der Waals surface area contributed by atoms with Gasteiger partial charge < -0.3 is 24.7 Å². The first-order valence-electron chi connectivity index (χ1n) is 13.1. The Bertz CT molecular complexity index is 1730. The van der Waals surface area contributed by atoms with Crippen LogP contribution in [0.5, 0.6) is 0 Å². The van der Waals surface area contributed by atoms with Gasteiger partial charge >= 0.3 is 11.7 Å². The molecule has 0 bridgehead atoms. The summed E-state index contributed by atoms with van der Waals surface area (Å²) < 4.78 is 19.6. The van der Waals surface area contributed by atoms with Crippen molar-refractivity contribution in [3.63, 3.8) is 0 Å². The summed E-state index contributed by atoms with van der Waals surface area (Å²) in [7, 11) is 0. The number of nitrogens with zero attached hydrogens (tertiary/aromatic N) is 3. The summed E-state index contributed by atoms with van der Waals surface area (Å²) >= 11 is 1.14. The van der Waals surface area contributed by atoms with E-state index in [1.807, 2.05) is 0 Å². The predicted octanol–water partition coefficient (Wildman–Crippen LogP) is 3.04. The van der Waals surface area contributed by atoms with Gasteiger partial charge in [-0.1, -0.05) is 18.2 Å². The lowest BCUT2D eigenvalue weighted by Crippen LogP contribution is -2.52. The van der Waals surface area contributed by atoms with Crippen molar-refractivity contribution in [3.8, 4) is 10.8 Å². The fourth-order valence-electron chi connectivity index (χ4n) is 5.06. The highest BCUT2D eigenvalue weighted by molar-refractivity contribution is 7.22. The fourth-order valence-corrected chi connectivity index (χ4v) is 6.30. The van der Waals surface area contributed by atoms with E-state index >= 15 is 0 Å². The molecule has 1 aliphatic rings. The van der Waals surface area contributed by atoms with E-state index < -0.39 is 34.8 Å². The Morgan fingerprint density at radius 1 is 1.24 bits per heavy atom. The van der Waals surface area contributed by atoms with Gasteiger partial charge in [-0.3, -0.25) is 14.2 Å². The van der Waals surface area contributed by atoms with E-state index in [-0.39, 0.29) is 29.5 Å². The Morgan fingerprint density at radius 3 is 2.59 bits per heavy atom. The molecule has 1 saturated heterocycles. The average Bonchev–Trinajstić information content (AvgIpc) is 3.59. The molecular formula is C28H30N4O8S. The third-order valence-electron chi connectivity index (χ3n) is 7.37. The molecule has 3 N–H and O–H groups in total. The fraction of sp³-hybridized carbons (Fsp3) is 0.393. The molecule has 0 aliphatic carbocycles. The maximum Gasteiger partial charge on any atom is 0.333 e. The molecule has 5 rings (SSSR count). The SMILES string of the molecule is Cc1c(-c2ncco2)sc2c1c(=O)n(C(C)(C)C(=O)O)c(=O)n2C[C@H](OC1CCOCC1)c1ccccc1C(N)=O. The highest BCUT2D eigenvalue weighted by Crippen LogP contribution is 2.37. The van der Waals surface area contributed by atoms with Crippen molar-refractivity contribution >= 4 is 33.4 Å². The van der Waals surface area contributed by atoms with Crippen molar-refractivity contribution in [1.82, 2.24) is 14.1 Å². The maximum atomic E-state index is 14.1. The Balaban J connectivity index is 1.77. The first-order valence-corrected chi connectivity index (χ1v) is 13.9. The van der Waals surface area contributed by atoms with E-state index in [1.54, 1.807) is 31.2 Å². The molecule has 1 atom stereocenters. The van der Waals surface area contributed by atoms with Crippen molar-refractivity contribution in [3.05, 3.63) is 74.3 Å². The number of carboxylic acid groups (broad SMARTS) is 1. The Morgan fingerprint density at radius 2 is 1.95 bits per heavy atom. The maximum absolute atomic E-state index is 14.1. The lowest BCUT2D eigenvalue weighted by atomic mass is 10.0. The molecule has 0 radical (unpaired) electrons. The van der Waals surface area contributed by atoms with E-state index in [9.17, 15) is 24.3 Å². The van der Waals surface area contributed by atoms with Crippen molar-refractivity contribution in [2.75, 3.05) is 13.2 Å². The number of aliphatic carboxylic acids is 1. The second-order valence-electron chi connectivity index (χ2n) is 10.4. The van der Waals surface area contributed by atoms with Crippen LogP contribution in [-0.2, 0) is 26.4 Å². The number of fused-ring (bicyclic) bond motifs is 1. The molecule has 13 heteroatoms. The quantitative estimate of drug-likeness (QED) is 0.301. The summed E-state index contributed by atoms with van der Waals surface area (Å²) in [6, 6.07) is 6.72. The first-order chi connectivity index (χ1) is 19.5. The first kappa shape index (κ1) is 28.5. The van der Waals surface area contributed by atoms with Gasteiger partial charge in [0.2, 0.25) is 11.8 Å². The molecule has 41 heavy (non-hydrogen) atoms. The number of nitrogens with two attached hydrogens (primary N) is 1. The summed E-state index contributed by atoms with van der Waals surface area (Å²) in [5, 5.41) is 10.2. The molecule has 0 spiro atoms. The topological polar surface area (TPSA) is 169 Å². The van der Waals surface area contributed by atoms with Crippen LogP contribution in [-0.4, -0.2) is 50.4 Å². The van der Waals surface area contributed by atoms with Crippen molar-refractivity contribution < 1.29 is 28.6 Å². The summed E-state index contributed by atoms with van der Waals surface area (Å²) in [6.45, 7) is 5.16. The van der Waals surface area contributed by atoms with E-state index in [0.29, 0.717) is 46.9 Å². The molecule has 12 nitrogen and oxygen atoms in total. The van der Waals surface area contributed by atoms with Crippen LogP contribution in [0.3, 0.4) is 0 Å². The second-order valence-corrected chi connectivity index (χ2v) is 11.4. The number of carbonyl (C=O) groups excluding carboxylic acids is 1. The molecule has 4 heterocycles. The van der Waals surface area contributed by atoms with Crippen LogP contribution in [0.4, 0.5) is 0 Å². The normalized spacial score (nSPS) is 15.3. The number of ether oxygens (including phenoxy) is 2. The molecule has 4 aromatic rings. The van der Waals surface area contributed by atoms with E-state index in [1.165, 1.54) is 30.9 Å². The number of thiophene rings is 1. The van der Waals surface area contributed by atoms with Gasteiger partial charge in [0.25, 0.3) is 5.56 Å². The van der Waals surface area contributed by atoms with Crippen LogP contribution in [0.15, 0.2) is 50.7 Å². The third-order valence-corrected chi connectivity index (χ3v) is 8.67. The zero-order chi connectivity index (χ0) is 29.5. The standard InChI is InChI=1S/C28H30N4O8S/c1-15-20-24(34)32(28(2,3)26(35)36)27(37)31(25(20)41-21(15)23-30-10-13-39-23)14-19(40-16-8-11-38-12-9-16)17-6-4-5-7-18(17)22(29)33/h4-7,10,13,16,19H,8-9,11-12,14H2,1-3H3,(H2,29,33)(H,35,36)/t19-/m0/s1. The minimum absolute atomic E-state index is 0.127. The van der Waals surface area contributed by atoms with Gasteiger partial charge in [-0.15, -0.1) is 11.3 Å². The number of carbonyl (C=O) groups is 2. The van der Waals surface area contributed by atoms with E-state index in [4.69, 9.17) is 19.6 Å². The number of carboxylic acids is 1. The van der Waals surface area contributed by atoms with Gasteiger partial charge in [-0.05, 0) is 50.8 Å². The average molecular weight is 583 g/mol. The van der Waals surface area contributed by atoms with Crippen molar-refractivity contribution in [1.29, 1.82) is 0 Å². The predicted molar refractivity (Wildman–Crippen MR) is 150 cm³/mol. The van der Waals surface area contributed by atoms with Crippen LogP contribution >= 0.6 is 11.3 Å². The summed E-state index contributed by atoms with van der Waals surface area (Å²) in [6.07, 6.45) is 3.02. The summed E-state index contributed by atoms with van der Waals surface area (Å²) in [4.78, 5) is 57.6. The van der Waals surface area contributed by atoms with Gasteiger partial charge in [0.15, 0.2) is 0 Å². The highest BCUT2D eigenvalue weighted by atomic mass is 32.1. The van der Waals surface area contributed by atoms with Gasteiger partial charge in [0.1, 0.15) is 22.7 Å². The van der Waals surface area contributed by atoms with Crippen molar-refractivity contribution in [2.24, 2.45) is 5.73 Å². The number of hydrogen-bond donors (Lipinski definition) is 2. The van der Waals surface area contributed by atoms with Gasteiger partial charge in [-0.2, -0.15) is 0 Å². The molecular weight excluding hydrogens is 552 g/mol. The molecule has 1 amide bonds. The molecule has 1 aliphatic heterocycles. The van der Waals surface area contributed by atoms with E-state index in [0.717, 1.165) is 15.9 Å². The number of primary amides is 1. The zero-order valence-electron chi connectivity index (χ0n) is 22.8. The van der Waals surface area contributed by atoms with E-state index in [2.05, 4.69) is 4.98 Å². The number of rotatable bonds is 9. The zero-order valence-corrected chi connectivity index (χ0v) is 23.6. The van der Waals surface area contributed by atoms with Crippen molar-refractivity contribution in [2.45, 2.75) is 57.9 Å². The van der Waals surface area contributed by atoms with Gasteiger partial charge in [0, 0.05) is 18.8 Å². The summed E-state index contributed by atoms with van der Waals surface area (Å²) in [5.41, 5.74) is 3.48. The van der Waals surface area contributed by atoms with Crippen LogP contribution in [0, 0.1) is 6.92 Å². The number of hydrogen-bond acceptors (Lipinski definition) is 9. The van der Waals surface area contributed by atoms with Crippen LogP contribution in [0.2, 0.25) is 0 Å². The number of aromatic nitrogens is 3.